The molecule has 0 bridgehead atoms. The minimum atomic E-state index is -1.14. The molecule has 0 atom stereocenters. The molecule has 3 amide bonds. The zero-order valence-corrected chi connectivity index (χ0v) is 20.5. The summed E-state index contributed by atoms with van der Waals surface area (Å²) in [5, 5.41) is 13.2. The molecule has 37 heavy (non-hydrogen) atoms. The number of nitrogens with zero attached hydrogens (tertiary/aromatic N) is 1. The van der Waals surface area contributed by atoms with Gasteiger partial charge in [0.1, 0.15) is 18.1 Å². The number of thioether (sulfide) groups is 1. The van der Waals surface area contributed by atoms with Gasteiger partial charge in [0.05, 0.1) is 15.5 Å². The van der Waals surface area contributed by atoms with Crippen molar-refractivity contribution in [2.24, 2.45) is 0 Å². The van der Waals surface area contributed by atoms with E-state index in [4.69, 9.17) is 21.1 Å². The van der Waals surface area contributed by atoms with Crippen LogP contribution in [0.5, 0.6) is 0 Å². The molecule has 2 heterocycles. The number of imide groups is 1. The average molecular weight is 533 g/mol. The van der Waals surface area contributed by atoms with Crippen molar-refractivity contribution in [2.45, 2.75) is 0 Å². The molecule has 1 aliphatic heterocycles. The van der Waals surface area contributed by atoms with Gasteiger partial charge in [-0.3, -0.25) is 19.3 Å². The minimum Gasteiger partial charge on any atom is -0.478 e. The molecule has 0 unspecified atom stereocenters. The molecule has 184 valence electrons. The van der Waals surface area contributed by atoms with Gasteiger partial charge in [-0.25, -0.2) is 4.79 Å². The molecule has 0 saturated carbocycles. The summed E-state index contributed by atoms with van der Waals surface area (Å²) in [6.45, 7) is -0.428. The predicted molar refractivity (Wildman–Crippen MR) is 141 cm³/mol. The first kappa shape index (κ1) is 24.4. The lowest BCUT2D eigenvalue weighted by Crippen LogP contribution is -2.36. The molecule has 5 rings (SSSR count). The highest BCUT2D eigenvalue weighted by Gasteiger charge is 2.36. The van der Waals surface area contributed by atoms with E-state index in [9.17, 15) is 19.2 Å². The molecule has 10 heteroatoms. The highest BCUT2D eigenvalue weighted by atomic mass is 35.5. The summed E-state index contributed by atoms with van der Waals surface area (Å²) in [4.78, 5) is 50.2. The van der Waals surface area contributed by atoms with E-state index in [1.165, 1.54) is 18.2 Å². The number of hydrogen-bond donors (Lipinski definition) is 2. The molecular weight excluding hydrogens is 516 g/mol. The third-order valence-electron chi connectivity index (χ3n) is 5.62. The SMILES string of the molecule is O=C(CN1C(=O)S/C(=C\c2ccc(-c3ccc(C(=O)O)c(Cl)c3)o2)C1=O)Nc1cccc2ccccc12. The van der Waals surface area contributed by atoms with Crippen LogP contribution in [0.1, 0.15) is 16.1 Å². The van der Waals surface area contributed by atoms with Crippen molar-refractivity contribution in [3.05, 3.63) is 94.0 Å². The second kappa shape index (κ2) is 9.96. The summed E-state index contributed by atoms with van der Waals surface area (Å²) in [6.07, 6.45) is 1.42. The van der Waals surface area contributed by atoms with E-state index in [1.807, 2.05) is 36.4 Å². The van der Waals surface area contributed by atoms with E-state index in [0.717, 1.165) is 15.7 Å². The standard InChI is InChI=1S/C27H17ClN2O6S/c28-20-12-16(8-10-19(20)26(33)34)22-11-9-17(36-22)13-23-25(32)30(27(35)37-23)14-24(31)29-21-7-3-5-15-4-1-2-6-18(15)21/h1-13H,14H2,(H,29,31)(H,33,34)/b23-13-. The first-order valence-corrected chi connectivity index (χ1v) is 12.2. The van der Waals surface area contributed by atoms with Crippen LogP contribution in [0, 0.1) is 0 Å². The molecule has 1 aliphatic rings. The third kappa shape index (κ3) is 5.00. The van der Waals surface area contributed by atoms with Crippen molar-refractivity contribution in [1.82, 2.24) is 4.90 Å². The lowest BCUT2D eigenvalue weighted by molar-refractivity contribution is -0.127. The van der Waals surface area contributed by atoms with E-state index in [2.05, 4.69) is 5.32 Å². The molecule has 1 aromatic heterocycles. The van der Waals surface area contributed by atoms with Crippen molar-refractivity contribution in [1.29, 1.82) is 0 Å². The van der Waals surface area contributed by atoms with E-state index >= 15 is 0 Å². The van der Waals surface area contributed by atoms with Gasteiger partial charge in [0.25, 0.3) is 11.1 Å². The fraction of sp³-hybridized carbons (Fsp3) is 0.0370. The molecule has 3 aromatic carbocycles. The quantitative estimate of drug-likeness (QED) is 0.287. The van der Waals surface area contributed by atoms with Gasteiger partial charge in [-0.05, 0) is 47.5 Å². The number of nitrogens with one attached hydrogen (secondary N) is 1. The summed E-state index contributed by atoms with van der Waals surface area (Å²) in [5.41, 5.74) is 1.11. The Hall–Kier alpha value is -4.34. The number of rotatable bonds is 6. The smallest absolute Gasteiger partial charge is 0.337 e. The largest absolute Gasteiger partial charge is 0.478 e. The number of benzene rings is 3. The molecule has 2 N–H and O–H groups in total. The Kier molecular flexibility index (Phi) is 6.56. The number of carbonyl (C=O) groups excluding carboxylic acids is 3. The summed E-state index contributed by atoms with van der Waals surface area (Å²) in [6, 6.07) is 20.7. The number of furan rings is 1. The van der Waals surface area contributed by atoms with E-state index in [0.29, 0.717) is 34.5 Å². The van der Waals surface area contributed by atoms with Gasteiger partial charge in [-0.2, -0.15) is 0 Å². The van der Waals surface area contributed by atoms with Gasteiger partial charge in [-0.15, -0.1) is 0 Å². The third-order valence-corrected chi connectivity index (χ3v) is 6.84. The normalized spacial score (nSPS) is 14.5. The van der Waals surface area contributed by atoms with Crippen LogP contribution >= 0.6 is 23.4 Å². The molecular formula is C27H17ClN2O6S. The monoisotopic (exact) mass is 532 g/mol. The number of carbonyl (C=O) groups is 4. The first-order chi connectivity index (χ1) is 17.8. The fourth-order valence-corrected chi connectivity index (χ4v) is 4.94. The van der Waals surface area contributed by atoms with Crippen LogP contribution in [0.3, 0.4) is 0 Å². The minimum absolute atomic E-state index is 0.0321. The van der Waals surface area contributed by atoms with Crippen LogP contribution < -0.4 is 5.32 Å². The Morgan fingerprint density at radius 2 is 1.81 bits per heavy atom. The van der Waals surface area contributed by atoms with Crippen molar-refractivity contribution < 1.29 is 28.7 Å². The van der Waals surface area contributed by atoms with Crippen molar-refractivity contribution in [3.63, 3.8) is 0 Å². The number of amides is 3. The highest BCUT2D eigenvalue weighted by molar-refractivity contribution is 8.18. The van der Waals surface area contributed by atoms with Gasteiger partial charge in [0.15, 0.2) is 0 Å². The number of carboxylic acids is 1. The number of anilines is 1. The van der Waals surface area contributed by atoms with Gasteiger partial charge in [0, 0.05) is 22.7 Å². The second-order valence-electron chi connectivity index (χ2n) is 8.04. The van der Waals surface area contributed by atoms with Crippen LogP contribution in [-0.2, 0) is 9.59 Å². The van der Waals surface area contributed by atoms with Crippen LogP contribution in [0.15, 0.2) is 82.1 Å². The van der Waals surface area contributed by atoms with Gasteiger partial charge >= 0.3 is 5.97 Å². The number of hydrogen-bond acceptors (Lipinski definition) is 6. The summed E-state index contributed by atoms with van der Waals surface area (Å²) in [7, 11) is 0. The highest BCUT2D eigenvalue weighted by Crippen LogP contribution is 2.34. The van der Waals surface area contributed by atoms with E-state index in [1.54, 1.807) is 24.3 Å². The van der Waals surface area contributed by atoms with Crippen LogP contribution in [0.25, 0.3) is 28.2 Å². The maximum atomic E-state index is 12.9. The Bertz CT molecular complexity index is 1620. The number of fused-ring (bicyclic) bond motifs is 1. The molecule has 8 nitrogen and oxygen atoms in total. The van der Waals surface area contributed by atoms with E-state index in [-0.39, 0.29) is 15.5 Å². The Morgan fingerprint density at radius 1 is 1.03 bits per heavy atom. The summed E-state index contributed by atoms with van der Waals surface area (Å²) >= 11 is 6.75. The van der Waals surface area contributed by atoms with Gasteiger partial charge in [-0.1, -0.05) is 54.1 Å². The maximum absolute atomic E-state index is 12.9. The molecule has 0 spiro atoms. The van der Waals surface area contributed by atoms with Crippen molar-refractivity contribution in [2.75, 3.05) is 11.9 Å². The maximum Gasteiger partial charge on any atom is 0.337 e. The van der Waals surface area contributed by atoms with Crippen LogP contribution in [-0.4, -0.2) is 39.6 Å². The van der Waals surface area contributed by atoms with E-state index < -0.39 is 29.6 Å². The molecule has 4 aromatic rings. The molecule has 1 saturated heterocycles. The lowest BCUT2D eigenvalue weighted by atomic mass is 10.1. The second-order valence-corrected chi connectivity index (χ2v) is 9.44. The first-order valence-electron chi connectivity index (χ1n) is 11.0. The Labute approximate surface area is 219 Å². The lowest BCUT2D eigenvalue weighted by Gasteiger charge is -2.13. The fourth-order valence-electron chi connectivity index (χ4n) is 3.86. The molecule has 0 aliphatic carbocycles. The molecule has 1 fully saturated rings. The average Bonchev–Trinajstić information content (AvgIpc) is 3.44. The predicted octanol–water partition coefficient (Wildman–Crippen LogP) is 6.13. The zero-order chi connectivity index (χ0) is 26.1. The van der Waals surface area contributed by atoms with Crippen molar-refractivity contribution >= 4 is 68.9 Å². The number of carboxylic acid groups (broad SMARTS) is 1. The number of aromatic carboxylic acids is 1. The molecule has 0 radical (unpaired) electrons. The number of halogens is 1. The van der Waals surface area contributed by atoms with Crippen molar-refractivity contribution in [3.8, 4) is 11.3 Å². The van der Waals surface area contributed by atoms with Crippen LogP contribution in [0.2, 0.25) is 5.02 Å². The van der Waals surface area contributed by atoms with Gasteiger partial charge < -0.3 is 14.8 Å². The summed E-state index contributed by atoms with van der Waals surface area (Å²) in [5.74, 6) is -1.53. The Morgan fingerprint density at radius 3 is 2.59 bits per heavy atom. The van der Waals surface area contributed by atoms with Crippen LogP contribution in [0.4, 0.5) is 10.5 Å². The topological polar surface area (TPSA) is 117 Å². The zero-order valence-electron chi connectivity index (χ0n) is 18.9. The van der Waals surface area contributed by atoms with Gasteiger partial charge in [0.2, 0.25) is 5.91 Å². The summed E-state index contributed by atoms with van der Waals surface area (Å²) < 4.78 is 5.75. The Balaban J connectivity index is 1.29.